The van der Waals surface area contributed by atoms with Crippen molar-refractivity contribution in [2.45, 2.75) is 50.5 Å². The van der Waals surface area contributed by atoms with E-state index < -0.39 is 11.7 Å². The fourth-order valence-corrected chi connectivity index (χ4v) is 5.31. The van der Waals surface area contributed by atoms with Gasteiger partial charge in [0.05, 0.1) is 13.7 Å². The first-order valence-corrected chi connectivity index (χ1v) is 12.1. The number of fused-ring (bicyclic) bond motifs is 2. The van der Waals surface area contributed by atoms with Crippen molar-refractivity contribution in [2.75, 3.05) is 40.0 Å². The van der Waals surface area contributed by atoms with E-state index >= 15 is 0 Å². The van der Waals surface area contributed by atoms with Crippen LogP contribution in [0.2, 0.25) is 0 Å². The lowest BCUT2D eigenvalue weighted by atomic mass is 9.87. The number of benzene rings is 1. The molecule has 1 N–H and O–H groups in total. The maximum Gasteiger partial charge on any atom is 0.251 e. The highest BCUT2D eigenvalue weighted by atomic mass is 16.5. The third-order valence-corrected chi connectivity index (χ3v) is 7.29. The quantitative estimate of drug-likeness (QED) is 0.722. The summed E-state index contributed by atoms with van der Waals surface area (Å²) < 4.78 is 19.4. The number of amides is 1. The summed E-state index contributed by atoms with van der Waals surface area (Å²) in [6.07, 6.45) is 7.29. The number of imidazole rings is 1. The van der Waals surface area contributed by atoms with Crippen LogP contribution in [0, 0.1) is 5.92 Å². The average Bonchev–Trinajstić information content (AvgIpc) is 3.35. The van der Waals surface area contributed by atoms with E-state index in [1.165, 1.54) is 0 Å². The van der Waals surface area contributed by atoms with E-state index in [2.05, 4.69) is 19.8 Å². The molecule has 8 heteroatoms. The molecule has 1 atom stereocenters. The lowest BCUT2D eigenvalue weighted by molar-refractivity contribution is -0.174. The fraction of sp³-hybridized carbons (Fsp3) is 0.600. The molecule has 1 spiro atoms. The molecule has 1 aromatic heterocycles. The number of rotatable bonds is 6. The Hall–Kier alpha value is -2.42. The van der Waals surface area contributed by atoms with E-state index in [0.29, 0.717) is 13.1 Å². The molecule has 5 rings (SSSR count). The highest BCUT2D eigenvalue weighted by molar-refractivity contribution is 5.81. The highest BCUT2D eigenvalue weighted by Gasteiger charge is 2.47. The number of nitrogens with zero attached hydrogens (tertiary/aromatic N) is 3. The molecule has 2 fully saturated rings. The normalized spacial score (nSPS) is 23.2. The van der Waals surface area contributed by atoms with Gasteiger partial charge in [0, 0.05) is 51.8 Å². The van der Waals surface area contributed by atoms with Gasteiger partial charge < -0.3 is 29.0 Å². The summed E-state index contributed by atoms with van der Waals surface area (Å²) in [5, 5.41) is 3.05. The standard InChI is InChI=1S/C25H34N4O4/c1-31-21-4-2-19(3-5-21)16-27-23(30)22-18-29-13-10-26-24(29)25(33-22)8-11-28(12-9-25)17-20-6-14-32-15-7-20/h2-5,10,13,20,22H,6-9,11-12,14-18H2,1H3,(H,27,30)/t22-/m0/s1. The predicted octanol–water partition coefficient (Wildman–Crippen LogP) is 2.32. The van der Waals surface area contributed by atoms with Crippen LogP contribution >= 0.6 is 0 Å². The van der Waals surface area contributed by atoms with Crippen LogP contribution in [0.4, 0.5) is 0 Å². The Kier molecular flexibility index (Phi) is 6.66. The van der Waals surface area contributed by atoms with Crippen LogP contribution in [0.5, 0.6) is 5.75 Å². The zero-order chi connectivity index (χ0) is 22.7. The number of carbonyl (C=O) groups excluding carboxylic acids is 1. The van der Waals surface area contributed by atoms with E-state index in [4.69, 9.17) is 14.2 Å². The summed E-state index contributed by atoms with van der Waals surface area (Å²) in [7, 11) is 1.65. The topological polar surface area (TPSA) is 77.9 Å². The van der Waals surface area contributed by atoms with Crippen molar-refractivity contribution < 1.29 is 19.0 Å². The Morgan fingerprint density at radius 2 is 1.97 bits per heavy atom. The van der Waals surface area contributed by atoms with Crippen LogP contribution < -0.4 is 10.1 Å². The Balaban J connectivity index is 1.21. The molecule has 2 saturated heterocycles. The number of likely N-dealkylation sites (tertiary alicyclic amines) is 1. The van der Waals surface area contributed by atoms with Gasteiger partial charge in [-0.25, -0.2) is 4.98 Å². The van der Waals surface area contributed by atoms with Crippen molar-refractivity contribution in [3.05, 3.63) is 48.0 Å². The molecule has 1 aromatic carbocycles. The number of piperidine rings is 1. The number of hydrogen-bond acceptors (Lipinski definition) is 6. The minimum Gasteiger partial charge on any atom is -0.497 e. The third-order valence-electron chi connectivity index (χ3n) is 7.29. The molecule has 1 amide bonds. The smallest absolute Gasteiger partial charge is 0.251 e. The Labute approximate surface area is 195 Å². The summed E-state index contributed by atoms with van der Waals surface area (Å²) >= 11 is 0. The maximum absolute atomic E-state index is 13.1. The van der Waals surface area contributed by atoms with Gasteiger partial charge in [0.2, 0.25) is 0 Å². The molecule has 8 nitrogen and oxygen atoms in total. The molecule has 0 aliphatic carbocycles. The molecule has 2 aromatic rings. The minimum absolute atomic E-state index is 0.0748. The van der Waals surface area contributed by atoms with Crippen molar-refractivity contribution in [1.29, 1.82) is 0 Å². The van der Waals surface area contributed by atoms with Gasteiger partial charge in [0.1, 0.15) is 17.2 Å². The lowest BCUT2D eigenvalue weighted by Crippen LogP contribution is -2.54. The number of carbonyl (C=O) groups is 1. The molecule has 0 bridgehead atoms. The number of aromatic nitrogens is 2. The number of ether oxygens (including phenoxy) is 3. The van der Waals surface area contributed by atoms with Gasteiger partial charge in [-0.3, -0.25) is 4.79 Å². The molecule has 0 unspecified atom stereocenters. The molecule has 3 aliphatic rings. The van der Waals surface area contributed by atoms with Crippen LogP contribution in [-0.4, -0.2) is 66.4 Å². The van der Waals surface area contributed by atoms with Gasteiger partial charge in [-0.2, -0.15) is 0 Å². The highest BCUT2D eigenvalue weighted by Crippen LogP contribution is 2.40. The molecular formula is C25H34N4O4. The van der Waals surface area contributed by atoms with Gasteiger partial charge >= 0.3 is 0 Å². The summed E-state index contributed by atoms with van der Waals surface area (Å²) in [4.78, 5) is 20.2. The second-order valence-corrected chi connectivity index (χ2v) is 9.43. The monoisotopic (exact) mass is 454 g/mol. The van der Waals surface area contributed by atoms with E-state index in [9.17, 15) is 4.79 Å². The number of methoxy groups -OCH3 is 1. The fourth-order valence-electron chi connectivity index (χ4n) is 5.31. The van der Waals surface area contributed by atoms with Gasteiger partial charge in [-0.15, -0.1) is 0 Å². The first kappa shape index (κ1) is 22.4. The van der Waals surface area contributed by atoms with Crippen molar-refractivity contribution >= 4 is 5.91 Å². The van der Waals surface area contributed by atoms with Crippen molar-refractivity contribution in [2.24, 2.45) is 5.92 Å². The number of nitrogens with one attached hydrogen (secondary N) is 1. The van der Waals surface area contributed by atoms with E-state index in [1.54, 1.807) is 7.11 Å². The van der Waals surface area contributed by atoms with Gasteiger partial charge in [-0.05, 0) is 49.3 Å². The van der Waals surface area contributed by atoms with Crippen LogP contribution in [0.3, 0.4) is 0 Å². The molecule has 4 heterocycles. The summed E-state index contributed by atoms with van der Waals surface area (Å²) in [6.45, 7) is 5.78. The minimum atomic E-state index is -0.521. The van der Waals surface area contributed by atoms with Crippen LogP contribution in [0.15, 0.2) is 36.7 Å². The third kappa shape index (κ3) is 4.93. The van der Waals surface area contributed by atoms with E-state index in [-0.39, 0.29) is 5.91 Å². The van der Waals surface area contributed by atoms with Gasteiger partial charge in [0.15, 0.2) is 6.10 Å². The average molecular weight is 455 g/mol. The van der Waals surface area contributed by atoms with Crippen LogP contribution in [0.25, 0.3) is 0 Å². The summed E-state index contributed by atoms with van der Waals surface area (Å²) in [6, 6.07) is 7.73. The lowest BCUT2D eigenvalue weighted by Gasteiger charge is -2.46. The van der Waals surface area contributed by atoms with E-state index in [0.717, 1.165) is 81.6 Å². The maximum atomic E-state index is 13.1. The Morgan fingerprint density at radius 1 is 1.21 bits per heavy atom. The predicted molar refractivity (Wildman–Crippen MR) is 123 cm³/mol. The molecular weight excluding hydrogens is 420 g/mol. The molecule has 178 valence electrons. The molecule has 0 saturated carbocycles. The SMILES string of the molecule is COc1ccc(CNC(=O)[C@@H]2Cn3ccnc3C3(CCN(CC4CCOCC4)CC3)O2)cc1. The molecule has 3 aliphatic heterocycles. The second-order valence-electron chi connectivity index (χ2n) is 9.43. The first-order valence-electron chi connectivity index (χ1n) is 12.1. The van der Waals surface area contributed by atoms with E-state index in [1.807, 2.05) is 36.7 Å². The zero-order valence-electron chi connectivity index (χ0n) is 19.4. The van der Waals surface area contributed by atoms with Crippen molar-refractivity contribution in [1.82, 2.24) is 19.8 Å². The van der Waals surface area contributed by atoms with Gasteiger partial charge in [0.25, 0.3) is 5.91 Å². The first-order chi connectivity index (χ1) is 16.1. The Bertz CT molecular complexity index is 930. The van der Waals surface area contributed by atoms with Crippen molar-refractivity contribution in [3.63, 3.8) is 0 Å². The zero-order valence-corrected chi connectivity index (χ0v) is 19.4. The Morgan fingerprint density at radius 3 is 2.70 bits per heavy atom. The molecule has 0 radical (unpaired) electrons. The van der Waals surface area contributed by atoms with Crippen LogP contribution in [0.1, 0.15) is 37.1 Å². The summed E-state index contributed by atoms with van der Waals surface area (Å²) in [5.41, 5.74) is 0.537. The second kappa shape index (κ2) is 9.83. The summed E-state index contributed by atoms with van der Waals surface area (Å²) in [5.74, 6) is 2.42. The van der Waals surface area contributed by atoms with Gasteiger partial charge in [-0.1, -0.05) is 12.1 Å². The van der Waals surface area contributed by atoms with Crippen molar-refractivity contribution in [3.8, 4) is 5.75 Å². The largest absolute Gasteiger partial charge is 0.497 e. The molecule has 33 heavy (non-hydrogen) atoms. The van der Waals surface area contributed by atoms with Crippen LogP contribution in [-0.2, 0) is 33.0 Å². The number of hydrogen-bond donors (Lipinski definition) is 1.